The van der Waals surface area contributed by atoms with Crippen molar-refractivity contribution in [1.82, 2.24) is 0 Å². The number of phenolic OH excluding ortho intramolecular Hbond substituents is 1. The van der Waals surface area contributed by atoms with E-state index in [0.717, 1.165) is 6.07 Å². The van der Waals surface area contributed by atoms with Gasteiger partial charge in [0.2, 0.25) is 0 Å². The molecule has 1 rings (SSSR count). The third-order valence-electron chi connectivity index (χ3n) is 1.89. The van der Waals surface area contributed by atoms with Gasteiger partial charge in [-0.15, -0.1) is 0 Å². The Bertz CT molecular complexity index is 365. The van der Waals surface area contributed by atoms with Crippen molar-refractivity contribution in [2.24, 2.45) is 5.73 Å². The molecule has 0 unspecified atom stereocenters. The van der Waals surface area contributed by atoms with E-state index in [1.165, 1.54) is 0 Å². The predicted molar refractivity (Wildman–Crippen MR) is 50.9 cm³/mol. The molecule has 0 aliphatic heterocycles. The van der Waals surface area contributed by atoms with Gasteiger partial charge in [-0.25, -0.2) is 0 Å². The summed E-state index contributed by atoms with van der Waals surface area (Å²) in [6, 6.07) is 1.71. The van der Waals surface area contributed by atoms with Gasteiger partial charge in [-0.3, -0.25) is 0 Å². The normalized spacial score (nSPS) is 11.8. The van der Waals surface area contributed by atoms with Crippen molar-refractivity contribution in [3.8, 4) is 5.75 Å². The molecule has 0 fully saturated rings. The number of aromatic hydroxyl groups is 1. The van der Waals surface area contributed by atoms with E-state index in [2.05, 4.69) is 0 Å². The van der Waals surface area contributed by atoms with Crippen LogP contribution in [0.2, 0.25) is 5.02 Å². The van der Waals surface area contributed by atoms with Crippen LogP contribution in [-0.2, 0) is 12.6 Å². The van der Waals surface area contributed by atoms with E-state index in [1.807, 2.05) is 0 Å². The molecule has 0 bridgehead atoms. The third-order valence-corrected chi connectivity index (χ3v) is 2.19. The van der Waals surface area contributed by atoms with Crippen molar-refractivity contribution < 1.29 is 18.3 Å². The maximum Gasteiger partial charge on any atom is 0.416 e. The van der Waals surface area contributed by atoms with E-state index < -0.39 is 17.5 Å². The quantitative estimate of drug-likeness (QED) is 0.833. The topological polar surface area (TPSA) is 46.2 Å². The van der Waals surface area contributed by atoms with Crippen molar-refractivity contribution >= 4 is 11.6 Å². The van der Waals surface area contributed by atoms with Gasteiger partial charge in [0, 0.05) is 0 Å². The van der Waals surface area contributed by atoms with Crippen molar-refractivity contribution in [1.29, 1.82) is 0 Å². The van der Waals surface area contributed by atoms with Crippen LogP contribution in [0.15, 0.2) is 12.1 Å². The van der Waals surface area contributed by atoms with E-state index in [9.17, 15) is 13.2 Å². The highest BCUT2D eigenvalue weighted by atomic mass is 35.5. The molecule has 84 valence electrons. The first kappa shape index (κ1) is 12.1. The predicted octanol–water partition coefficient (Wildman–Crippen LogP) is 2.57. The molecule has 1 aromatic rings. The smallest absolute Gasteiger partial charge is 0.416 e. The Morgan fingerprint density at radius 3 is 2.40 bits per heavy atom. The minimum Gasteiger partial charge on any atom is -0.506 e. The number of halogens is 4. The molecule has 0 aliphatic carbocycles. The van der Waals surface area contributed by atoms with Crippen LogP contribution >= 0.6 is 11.6 Å². The molecular weight excluding hydrogens is 231 g/mol. The largest absolute Gasteiger partial charge is 0.506 e. The number of benzene rings is 1. The lowest BCUT2D eigenvalue weighted by atomic mass is 10.0. The van der Waals surface area contributed by atoms with Crippen molar-refractivity contribution in [2.45, 2.75) is 12.6 Å². The molecule has 0 radical (unpaired) electrons. The first-order valence-electron chi connectivity index (χ1n) is 4.15. The Morgan fingerprint density at radius 2 is 1.93 bits per heavy atom. The van der Waals surface area contributed by atoms with Crippen LogP contribution in [0.3, 0.4) is 0 Å². The first-order valence-corrected chi connectivity index (χ1v) is 4.52. The molecule has 0 heterocycles. The lowest BCUT2D eigenvalue weighted by Gasteiger charge is -2.13. The average Bonchev–Trinajstić information content (AvgIpc) is 2.09. The summed E-state index contributed by atoms with van der Waals surface area (Å²) < 4.78 is 37.5. The van der Waals surface area contributed by atoms with Gasteiger partial charge in [-0.05, 0) is 30.7 Å². The molecule has 0 saturated carbocycles. The van der Waals surface area contributed by atoms with Crippen molar-refractivity contribution in [3.05, 3.63) is 28.3 Å². The summed E-state index contributed by atoms with van der Waals surface area (Å²) in [5.74, 6) is -0.579. The van der Waals surface area contributed by atoms with Gasteiger partial charge >= 0.3 is 6.18 Å². The van der Waals surface area contributed by atoms with Crippen LogP contribution in [-0.4, -0.2) is 11.7 Å². The Morgan fingerprint density at radius 1 is 1.33 bits per heavy atom. The average molecular weight is 240 g/mol. The van der Waals surface area contributed by atoms with Gasteiger partial charge < -0.3 is 10.8 Å². The lowest BCUT2D eigenvalue weighted by molar-refractivity contribution is -0.138. The van der Waals surface area contributed by atoms with Crippen LogP contribution in [0.4, 0.5) is 13.2 Å². The third kappa shape index (κ3) is 2.76. The molecule has 0 amide bonds. The fourth-order valence-electron chi connectivity index (χ4n) is 1.23. The van der Waals surface area contributed by atoms with Crippen LogP contribution < -0.4 is 5.73 Å². The second-order valence-electron chi connectivity index (χ2n) is 3.00. The SMILES string of the molecule is NCCc1cc(Cl)c(O)cc1C(F)(F)F. The van der Waals surface area contributed by atoms with E-state index in [4.69, 9.17) is 22.4 Å². The molecule has 0 aromatic heterocycles. The first-order chi connectivity index (χ1) is 6.86. The molecule has 1 aromatic carbocycles. The Balaban J connectivity index is 3.28. The number of phenols is 1. The lowest BCUT2D eigenvalue weighted by Crippen LogP contribution is -2.12. The maximum absolute atomic E-state index is 12.5. The van der Waals surface area contributed by atoms with Gasteiger partial charge in [0.25, 0.3) is 0 Å². The molecule has 3 N–H and O–H groups in total. The minimum atomic E-state index is -4.51. The maximum atomic E-state index is 12.5. The van der Waals surface area contributed by atoms with Gasteiger partial charge in [0.05, 0.1) is 10.6 Å². The molecule has 0 spiro atoms. The van der Waals surface area contributed by atoms with E-state index >= 15 is 0 Å². The summed E-state index contributed by atoms with van der Waals surface area (Å²) in [5.41, 5.74) is 4.29. The van der Waals surface area contributed by atoms with E-state index in [0.29, 0.717) is 6.07 Å². The van der Waals surface area contributed by atoms with E-state index in [-0.39, 0.29) is 23.6 Å². The summed E-state index contributed by atoms with van der Waals surface area (Å²) in [7, 11) is 0. The Kier molecular flexibility index (Phi) is 3.46. The molecule has 2 nitrogen and oxygen atoms in total. The summed E-state index contributed by atoms with van der Waals surface area (Å²) in [6.07, 6.45) is -4.44. The number of rotatable bonds is 2. The zero-order chi connectivity index (χ0) is 11.6. The monoisotopic (exact) mass is 239 g/mol. The van der Waals surface area contributed by atoms with Gasteiger partial charge in [0.15, 0.2) is 0 Å². The molecule has 0 saturated heterocycles. The Labute approximate surface area is 89.5 Å². The van der Waals surface area contributed by atoms with Crippen LogP contribution in [0.1, 0.15) is 11.1 Å². The molecular formula is C9H9ClF3NO. The summed E-state index contributed by atoms with van der Waals surface area (Å²) in [6.45, 7) is 0.0875. The summed E-state index contributed by atoms with van der Waals surface area (Å²) in [5, 5.41) is 8.99. The highest BCUT2D eigenvalue weighted by Crippen LogP contribution is 2.37. The fraction of sp³-hybridized carbons (Fsp3) is 0.333. The zero-order valence-corrected chi connectivity index (χ0v) is 8.36. The Hall–Kier alpha value is -0.940. The second kappa shape index (κ2) is 4.28. The second-order valence-corrected chi connectivity index (χ2v) is 3.40. The van der Waals surface area contributed by atoms with Gasteiger partial charge in [-0.2, -0.15) is 13.2 Å². The highest BCUT2D eigenvalue weighted by molar-refractivity contribution is 6.32. The summed E-state index contributed by atoms with van der Waals surface area (Å²) in [4.78, 5) is 0. The molecule has 0 aliphatic rings. The van der Waals surface area contributed by atoms with Gasteiger partial charge in [0.1, 0.15) is 5.75 Å². The van der Waals surface area contributed by atoms with Crippen molar-refractivity contribution in [2.75, 3.05) is 6.54 Å². The number of hydrogen-bond donors (Lipinski definition) is 2. The van der Waals surface area contributed by atoms with Gasteiger partial charge in [-0.1, -0.05) is 11.6 Å². The molecule has 6 heteroatoms. The van der Waals surface area contributed by atoms with Crippen LogP contribution in [0, 0.1) is 0 Å². The molecule has 15 heavy (non-hydrogen) atoms. The van der Waals surface area contributed by atoms with Crippen LogP contribution in [0.5, 0.6) is 5.75 Å². The summed E-state index contributed by atoms with van der Waals surface area (Å²) >= 11 is 5.51. The van der Waals surface area contributed by atoms with Crippen molar-refractivity contribution in [3.63, 3.8) is 0 Å². The fourth-order valence-corrected chi connectivity index (χ4v) is 1.42. The standard InChI is InChI=1S/C9H9ClF3NO/c10-7-3-5(1-2-14)6(4-8(7)15)9(11,12)13/h3-4,15H,1-2,14H2. The number of hydrogen-bond acceptors (Lipinski definition) is 2. The zero-order valence-electron chi connectivity index (χ0n) is 7.61. The highest BCUT2D eigenvalue weighted by Gasteiger charge is 2.33. The number of alkyl halides is 3. The molecule has 0 atom stereocenters. The number of nitrogens with two attached hydrogens (primary N) is 1. The van der Waals surface area contributed by atoms with E-state index in [1.54, 1.807) is 0 Å². The minimum absolute atomic E-state index is 0.00667. The van der Waals surface area contributed by atoms with Crippen LogP contribution in [0.25, 0.3) is 0 Å².